The van der Waals surface area contributed by atoms with Crippen LogP contribution in [0.5, 0.6) is 0 Å². The highest BCUT2D eigenvalue weighted by Crippen LogP contribution is 2.07. The van der Waals surface area contributed by atoms with Gasteiger partial charge in [0.25, 0.3) is 5.91 Å². The fourth-order valence-electron chi connectivity index (χ4n) is 4.32. The first-order chi connectivity index (χ1) is 22.2. The van der Waals surface area contributed by atoms with Crippen molar-refractivity contribution >= 4 is 47.7 Å². The number of aliphatic hydroxyl groups is 1. The van der Waals surface area contributed by atoms with Crippen LogP contribution in [0.4, 0.5) is 4.79 Å². The van der Waals surface area contributed by atoms with Gasteiger partial charge in [-0.1, -0.05) is 0 Å². The summed E-state index contributed by atoms with van der Waals surface area (Å²) >= 11 is 0. The highest BCUT2D eigenvalue weighted by molar-refractivity contribution is 6.02. The lowest BCUT2D eigenvalue weighted by molar-refractivity contribution is -0.134. The Bertz CT molecular complexity index is 1230. The number of amides is 8. The highest BCUT2D eigenvalue weighted by Gasteiger charge is 2.35. The predicted octanol–water partition coefficient (Wildman–Crippen LogP) is -8.24. The molecule has 2 heterocycles. The number of primary amides is 1. The number of aliphatic imine (C=N–C) groups is 1. The molecule has 4 unspecified atom stereocenters. The van der Waals surface area contributed by atoms with E-state index < -0.39 is 109 Å². The largest absolute Gasteiger partial charge is 0.394 e. The zero-order valence-electron chi connectivity index (χ0n) is 25.5. The average Bonchev–Trinajstić information content (AvgIpc) is 3.02. The molecular weight excluding hydrogens is 624 g/mol. The fraction of sp³-hybridized carbons (Fsp3) is 0.600. The number of rotatable bonds is 10. The number of carbonyl (C=O) groups is 7. The van der Waals surface area contributed by atoms with E-state index in [0.717, 1.165) is 6.20 Å². The van der Waals surface area contributed by atoms with Crippen LogP contribution >= 0.6 is 0 Å². The number of nitrogens with two attached hydrogens (primary N) is 5. The quantitative estimate of drug-likeness (QED) is 0.0963. The second kappa shape index (κ2) is 19.0. The van der Waals surface area contributed by atoms with Crippen LogP contribution in [0.2, 0.25) is 0 Å². The monoisotopic (exact) mass is 668 g/mol. The zero-order valence-corrected chi connectivity index (χ0v) is 25.5. The maximum absolute atomic E-state index is 13.5. The smallest absolute Gasteiger partial charge is 0.316 e. The zero-order chi connectivity index (χ0) is 35.1. The summed E-state index contributed by atoms with van der Waals surface area (Å²) in [5.74, 6) is -5.63. The SMILES string of the molecule is NCCC[C@@H](N)CC(=O)NC[C@H]1NC(=O)[C@@H](CO)NC(=O)C(N)CNC(=O)C(C2CC=NC(N)N2)NC(=O)/C(=C/NC(N)=O)NC1=O. The first kappa shape index (κ1) is 38.4. The molecule has 22 heteroatoms. The van der Waals surface area contributed by atoms with Crippen molar-refractivity contribution in [3.05, 3.63) is 11.9 Å². The molecule has 0 radical (unpaired) electrons. The van der Waals surface area contributed by atoms with Gasteiger partial charge in [0.1, 0.15) is 29.9 Å². The Balaban J connectivity index is 2.45. The van der Waals surface area contributed by atoms with Crippen molar-refractivity contribution in [2.75, 3.05) is 26.2 Å². The van der Waals surface area contributed by atoms with E-state index in [-0.39, 0.29) is 12.8 Å². The molecule has 0 aliphatic carbocycles. The molecule has 7 atom stereocenters. The van der Waals surface area contributed by atoms with Gasteiger partial charge in [-0.15, -0.1) is 0 Å². The molecule has 262 valence electrons. The second-order valence-electron chi connectivity index (χ2n) is 10.6. The van der Waals surface area contributed by atoms with Crippen LogP contribution in [0.1, 0.15) is 25.7 Å². The molecule has 0 bridgehead atoms. The van der Waals surface area contributed by atoms with Crippen molar-refractivity contribution in [1.29, 1.82) is 0 Å². The molecule has 0 spiro atoms. The molecule has 2 rings (SSSR count). The van der Waals surface area contributed by atoms with Gasteiger partial charge in [-0.2, -0.15) is 0 Å². The van der Waals surface area contributed by atoms with Crippen LogP contribution in [0.3, 0.4) is 0 Å². The Morgan fingerprint density at radius 1 is 1.04 bits per heavy atom. The molecule has 8 amide bonds. The summed E-state index contributed by atoms with van der Waals surface area (Å²) in [5, 5.41) is 28.7. The van der Waals surface area contributed by atoms with Crippen LogP contribution in [0.25, 0.3) is 0 Å². The molecule has 0 aromatic rings. The summed E-state index contributed by atoms with van der Waals surface area (Å²) in [6, 6.07) is -8.57. The van der Waals surface area contributed by atoms with Gasteiger partial charge >= 0.3 is 6.03 Å². The second-order valence-corrected chi connectivity index (χ2v) is 10.6. The molecule has 22 nitrogen and oxygen atoms in total. The standard InChI is InChI=1S/C25H44N14O8/c26-4-1-2-11(27)6-17(41)32-8-14-20(43)35-15(9-34-25(30)47)21(44)39-18(13-3-5-31-24(29)38-13)23(46)33-7-12(28)19(42)37-16(10-40)22(45)36-14/h5,9,11-14,16,18,24,38,40H,1-4,6-8,10,26-29H2,(H,32,41)(H,33,46)(H,35,43)(H,36,45)(H,37,42)(H,39,44)(H3,30,34,47)/b15-9-/t11-,12?,13?,14-,16-,18?,24?/m1/s1. The summed E-state index contributed by atoms with van der Waals surface area (Å²) in [4.78, 5) is 93.8. The number of aliphatic hydroxyl groups excluding tert-OH is 1. The maximum Gasteiger partial charge on any atom is 0.316 e. The molecule has 1 saturated heterocycles. The van der Waals surface area contributed by atoms with E-state index in [2.05, 4.69) is 42.2 Å². The third-order valence-electron chi connectivity index (χ3n) is 6.85. The van der Waals surface area contributed by atoms with Gasteiger partial charge in [-0.25, -0.2) is 4.79 Å². The third kappa shape index (κ3) is 12.9. The van der Waals surface area contributed by atoms with E-state index in [1.807, 2.05) is 5.32 Å². The molecule has 0 aromatic heterocycles. The van der Waals surface area contributed by atoms with Crippen LogP contribution in [-0.2, 0) is 28.8 Å². The van der Waals surface area contributed by atoms with E-state index in [1.54, 1.807) is 0 Å². The van der Waals surface area contributed by atoms with Gasteiger partial charge in [0.05, 0.1) is 6.61 Å². The van der Waals surface area contributed by atoms with Crippen LogP contribution in [-0.4, -0.2) is 122 Å². The molecule has 0 aromatic carbocycles. The van der Waals surface area contributed by atoms with Crippen molar-refractivity contribution in [2.24, 2.45) is 33.7 Å². The Morgan fingerprint density at radius 3 is 2.38 bits per heavy atom. The number of carbonyl (C=O) groups excluding carboxylic acids is 7. The average molecular weight is 669 g/mol. The van der Waals surface area contributed by atoms with E-state index >= 15 is 0 Å². The van der Waals surface area contributed by atoms with Gasteiger partial charge in [0.2, 0.25) is 29.5 Å². The van der Waals surface area contributed by atoms with Gasteiger partial charge in [-0.05, 0) is 19.4 Å². The van der Waals surface area contributed by atoms with Crippen molar-refractivity contribution < 1.29 is 38.7 Å². The summed E-state index contributed by atoms with van der Waals surface area (Å²) in [6.07, 6.45) is 2.25. The molecule has 1 fully saturated rings. The van der Waals surface area contributed by atoms with E-state index in [9.17, 15) is 38.7 Å². The minimum Gasteiger partial charge on any atom is -0.394 e. The van der Waals surface area contributed by atoms with Crippen molar-refractivity contribution in [1.82, 2.24) is 42.5 Å². The van der Waals surface area contributed by atoms with Crippen molar-refractivity contribution in [3.8, 4) is 0 Å². The van der Waals surface area contributed by atoms with E-state index in [1.165, 1.54) is 6.21 Å². The van der Waals surface area contributed by atoms with E-state index in [4.69, 9.17) is 28.7 Å². The Labute approximate surface area is 269 Å². The Morgan fingerprint density at radius 2 is 1.74 bits per heavy atom. The van der Waals surface area contributed by atoms with Gasteiger partial charge in [0, 0.05) is 50.4 Å². The fourth-order valence-corrected chi connectivity index (χ4v) is 4.32. The van der Waals surface area contributed by atoms with E-state index in [0.29, 0.717) is 19.4 Å². The van der Waals surface area contributed by atoms with Crippen molar-refractivity contribution in [2.45, 2.75) is 68.2 Å². The highest BCUT2D eigenvalue weighted by atomic mass is 16.3. The predicted molar refractivity (Wildman–Crippen MR) is 165 cm³/mol. The van der Waals surface area contributed by atoms with Crippen LogP contribution < -0.4 is 71.2 Å². The number of hydrogen-bond acceptors (Lipinski definition) is 14. The lowest BCUT2D eigenvalue weighted by atomic mass is 10.0. The summed E-state index contributed by atoms with van der Waals surface area (Å²) in [7, 11) is 0. The lowest BCUT2D eigenvalue weighted by Gasteiger charge is -2.31. The lowest BCUT2D eigenvalue weighted by Crippen LogP contribution is -2.64. The molecule has 0 saturated carbocycles. The number of hydrogen-bond donors (Lipinski definition) is 14. The minimum absolute atomic E-state index is 0.116. The summed E-state index contributed by atoms with van der Waals surface area (Å²) in [5.41, 5.74) is 27.6. The molecule has 2 aliphatic rings. The molecule has 19 N–H and O–H groups in total. The number of nitrogens with zero attached hydrogens (tertiary/aromatic N) is 1. The van der Waals surface area contributed by atoms with Gasteiger partial charge in [-0.3, -0.25) is 44.8 Å². The van der Waals surface area contributed by atoms with Crippen LogP contribution in [0, 0.1) is 0 Å². The summed E-state index contributed by atoms with van der Waals surface area (Å²) < 4.78 is 0. The van der Waals surface area contributed by atoms with Gasteiger partial charge in [0.15, 0.2) is 6.29 Å². The number of nitrogens with one attached hydrogen (secondary N) is 8. The van der Waals surface area contributed by atoms with Crippen molar-refractivity contribution in [3.63, 3.8) is 0 Å². The first-order valence-electron chi connectivity index (χ1n) is 14.6. The normalized spacial score (nSPS) is 27.9. The topological polar surface area (TPSA) is 378 Å². The minimum atomic E-state index is -1.63. The summed E-state index contributed by atoms with van der Waals surface area (Å²) in [6.45, 7) is -1.57. The molecule has 2 aliphatic heterocycles. The van der Waals surface area contributed by atoms with Gasteiger partial charge < -0.3 is 65.3 Å². The molecule has 47 heavy (non-hydrogen) atoms. The Hall–Kier alpha value is -4.74. The Kier molecular flexibility index (Phi) is 15.6. The first-order valence-corrected chi connectivity index (χ1v) is 14.6. The van der Waals surface area contributed by atoms with Crippen LogP contribution in [0.15, 0.2) is 16.9 Å². The molecular formula is C25H44N14O8. The maximum atomic E-state index is 13.5. The third-order valence-corrected chi connectivity index (χ3v) is 6.85. The number of urea groups is 1.